The molecule has 0 bridgehead atoms. The first kappa shape index (κ1) is 10.6. The molecule has 1 aliphatic heterocycles. The molecule has 1 aromatic rings. The van der Waals surface area contributed by atoms with Crippen molar-refractivity contribution < 1.29 is 0 Å². The van der Waals surface area contributed by atoms with Crippen molar-refractivity contribution in [3.8, 4) is 0 Å². The Bertz CT molecular complexity index is 283. The third-order valence-corrected chi connectivity index (χ3v) is 2.28. The van der Waals surface area contributed by atoms with Crippen molar-refractivity contribution in [2.24, 2.45) is 0 Å². The molecule has 0 radical (unpaired) electrons. The average molecular weight is 198 g/mol. The fourth-order valence-electron chi connectivity index (χ4n) is 1.53. The van der Waals surface area contributed by atoms with Gasteiger partial charge in [0, 0.05) is 18.1 Å². The molecule has 0 atom stereocenters. The third-order valence-electron chi connectivity index (χ3n) is 2.05. The van der Waals surface area contributed by atoms with Crippen molar-refractivity contribution in [1.82, 2.24) is 4.90 Å². The van der Waals surface area contributed by atoms with Gasteiger partial charge in [-0.3, -0.25) is 4.90 Å². The van der Waals surface area contributed by atoms with Gasteiger partial charge in [-0.25, -0.2) is 0 Å². The molecule has 0 aliphatic carbocycles. The van der Waals surface area contributed by atoms with Gasteiger partial charge in [0.2, 0.25) is 0 Å². The summed E-state index contributed by atoms with van der Waals surface area (Å²) in [4.78, 5) is 2.28. The Labute approximate surface area is 85.3 Å². The van der Waals surface area contributed by atoms with Crippen LogP contribution in [0.5, 0.6) is 0 Å². The fourth-order valence-corrected chi connectivity index (χ4v) is 1.73. The van der Waals surface area contributed by atoms with Crippen molar-refractivity contribution in [1.29, 1.82) is 0 Å². The van der Waals surface area contributed by atoms with Gasteiger partial charge in [0.05, 0.1) is 0 Å². The van der Waals surface area contributed by atoms with Gasteiger partial charge in [-0.2, -0.15) is 0 Å². The van der Waals surface area contributed by atoms with Crippen LogP contribution in [-0.2, 0) is 13.1 Å². The zero-order valence-electron chi connectivity index (χ0n) is 8.47. The van der Waals surface area contributed by atoms with Gasteiger partial charge in [0.1, 0.15) is 0 Å². The van der Waals surface area contributed by atoms with E-state index in [1.807, 2.05) is 19.9 Å². The zero-order chi connectivity index (χ0) is 9.84. The van der Waals surface area contributed by atoms with Crippen LogP contribution in [0.3, 0.4) is 0 Å². The first-order chi connectivity index (χ1) is 6.25. The minimum atomic E-state index is 0.846. The molecule has 0 spiro atoms. The van der Waals surface area contributed by atoms with E-state index in [0.29, 0.717) is 0 Å². The van der Waals surface area contributed by atoms with E-state index < -0.39 is 0 Å². The molecule has 13 heavy (non-hydrogen) atoms. The van der Waals surface area contributed by atoms with E-state index in [1.165, 1.54) is 11.1 Å². The molecule has 1 nitrogen and oxygen atoms in total. The van der Waals surface area contributed by atoms with Crippen molar-refractivity contribution >= 4 is 11.6 Å². The average Bonchev–Trinajstić information content (AvgIpc) is 2.48. The van der Waals surface area contributed by atoms with Gasteiger partial charge in [-0.05, 0) is 30.3 Å². The van der Waals surface area contributed by atoms with E-state index in [4.69, 9.17) is 11.6 Å². The lowest BCUT2D eigenvalue weighted by Crippen LogP contribution is -2.07. The number of hydrogen-bond donors (Lipinski definition) is 0. The Balaban J connectivity index is 0.000000396. The maximum atomic E-state index is 5.85. The molecule has 1 aliphatic rings. The van der Waals surface area contributed by atoms with Gasteiger partial charge in [-0.1, -0.05) is 31.5 Å². The Morgan fingerprint density at radius 2 is 1.77 bits per heavy atom. The maximum absolute atomic E-state index is 5.85. The molecule has 0 N–H and O–H groups in total. The highest BCUT2D eigenvalue weighted by Crippen LogP contribution is 2.23. The van der Waals surface area contributed by atoms with E-state index in [2.05, 4.69) is 24.1 Å². The minimum absolute atomic E-state index is 0.846. The SMILES string of the molecule is CC.CN1Cc2ccc(Cl)cc2C1. The van der Waals surface area contributed by atoms with Gasteiger partial charge in [0.25, 0.3) is 0 Å². The molecule has 0 unspecified atom stereocenters. The smallest absolute Gasteiger partial charge is 0.0409 e. The summed E-state index contributed by atoms with van der Waals surface area (Å²) in [6.45, 7) is 6.10. The van der Waals surface area contributed by atoms with Crippen molar-refractivity contribution in [3.05, 3.63) is 34.3 Å². The number of hydrogen-bond acceptors (Lipinski definition) is 1. The summed E-state index contributed by atoms with van der Waals surface area (Å²) < 4.78 is 0. The predicted molar refractivity (Wildman–Crippen MR) is 58.0 cm³/mol. The van der Waals surface area contributed by atoms with Gasteiger partial charge >= 0.3 is 0 Å². The van der Waals surface area contributed by atoms with Crippen LogP contribution in [0, 0.1) is 0 Å². The lowest BCUT2D eigenvalue weighted by Gasteiger charge is -2.02. The molecular weight excluding hydrogens is 182 g/mol. The summed E-state index contributed by atoms with van der Waals surface area (Å²) in [6, 6.07) is 6.13. The highest BCUT2D eigenvalue weighted by Gasteiger charge is 2.14. The van der Waals surface area contributed by atoms with Crippen LogP contribution in [0.15, 0.2) is 18.2 Å². The normalized spacial score (nSPS) is 14.8. The number of halogens is 1. The van der Waals surface area contributed by atoms with E-state index in [1.54, 1.807) is 0 Å². The second-order valence-electron chi connectivity index (χ2n) is 3.09. The van der Waals surface area contributed by atoms with E-state index in [9.17, 15) is 0 Å². The summed E-state index contributed by atoms with van der Waals surface area (Å²) in [5.41, 5.74) is 2.79. The summed E-state index contributed by atoms with van der Waals surface area (Å²) in [5, 5.41) is 0.846. The van der Waals surface area contributed by atoms with Crippen LogP contribution in [0.2, 0.25) is 5.02 Å². The summed E-state index contributed by atoms with van der Waals surface area (Å²) in [5.74, 6) is 0. The highest BCUT2D eigenvalue weighted by atomic mass is 35.5. The molecule has 2 rings (SSSR count). The Morgan fingerprint density at radius 3 is 2.46 bits per heavy atom. The third kappa shape index (κ3) is 2.45. The largest absolute Gasteiger partial charge is 0.298 e. The van der Waals surface area contributed by atoms with Crippen LogP contribution < -0.4 is 0 Å². The topological polar surface area (TPSA) is 3.24 Å². The number of nitrogens with zero attached hydrogens (tertiary/aromatic N) is 1. The molecule has 0 saturated heterocycles. The zero-order valence-corrected chi connectivity index (χ0v) is 9.23. The molecule has 0 fully saturated rings. The van der Waals surface area contributed by atoms with Crippen LogP contribution in [0.1, 0.15) is 25.0 Å². The van der Waals surface area contributed by atoms with E-state index in [0.717, 1.165) is 18.1 Å². The molecule has 72 valence electrons. The van der Waals surface area contributed by atoms with Crippen LogP contribution in [-0.4, -0.2) is 11.9 Å². The van der Waals surface area contributed by atoms with Gasteiger partial charge in [-0.15, -0.1) is 0 Å². The second-order valence-corrected chi connectivity index (χ2v) is 3.52. The first-order valence-electron chi connectivity index (χ1n) is 4.71. The Kier molecular flexibility index (Phi) is 3.76. The molecule has 0 aromatic heterocycles. The summed E-state index contributed by atoms with van der Waals surface area (Å²) >= 11 is 5.85. The van der Waals surface area contributed by atoms with Crippen molar-refractivity contribution in [3.63, 3.8) is 0 Å². The molecule has 1 aromatic carbocycles. The highest BCUT2D eigenvalue weighted by molar-refractivity contribution is 6.30. The molecule has 0 saturated carbocycles. The second kappa shape index (κ2) is 4.64. The van der Waals surface area contributed by atoms with Crippen LogP contribution >= 0.6 is 11.6 Å². The lowest BCUT2D eigenvalue weighted by molar-refractivity contribution is 0.353. The molecule has 0 amide bonds. The molecule has 2 heteroatoms. The minimum Gasteiger partial charge on any atom is -0.298 e. The predicted octanol–water partition coefficient (Wildman–Crippen LogP) is 3.31. The van der Waals surface area contributed by atoms with Crippen LogP contribution in [0.4, 0.5) is 0 Å². The standard InChI is InChI=1S/C9H10ClN.C2H6/c1-11-5-7-2-3-9(10)4-8(7)6-11;1-2/h2-4H,5-6H2,1H3;1-2H3. The maximum Gasteiger partial charge on any atom is 0.0409 e. The van der Waals surface area contributed by atoms with E-state index >= 15 is 0 Å². The van der Waals surface area contributed by atoms with Gasteiger partial charge < -0.3 is 0 Å². The number of fused-ring (bicyclic) bond motifs is 1. The lowest BCUT2D eigenvalue weighted by atomic mass is 10.1. The van der Waals surface area contributed by atoms with Crippen molar-refractivity contribution in [2.75, 3.05) is 7.05 Å². The number of rotatable bonds is 0. The van der Waals surface area contributed by atoms with Gasteiger partial charge in [0.15, 0.2) is 0 Å². The summed E-state index contributed by atoms with van der Waals surface area (Å²) in [6.07, 6.45) is 0. The number of benzene rings is 1. The van der Waals surface area contributed by atoms with E-state index in [-0.39, 0.29) is 0 Å². The van der Waals surface area contributed by atoms with Crippen LogP contribution in [0.25, 0.3) is 0 Å². The quantitative estimate of drug-likeness (QED) is 0.617. The fraction of sp³-hybridized carbons (Fsp3) is 0.455. The molecule has 1 heterocycles. The van der Waals surface area contributed by atoms with Crippen molar-refractivity contribution in [2.45, 2.75) is 26.9 Å². The summed E-state index contributed by atoms with van der Waals surface area (Å²) in [7, 11) is 2.12. The first-order valence-corrected chi connectivity index (χ1v) is 5.09. The monoisotopic (exact) mass is 197 g/mol. The Morgan fingerprint density at radius 1 is 1.15 bits per heavy atom. The molecular formula is C11H16ClN. The Hall–Kier alpha value is -0.530.